The van der Waals surface area contributed by atoms with Crippen molar-refractivity contribution in [1.29, 1.82) is 5.26 Å². The van der Waals surface area contributed by atoms with Gasteiger partial charge in [0.25, 0.3) is 0 Å². The Morgan fingerprint density at radius 2 is 2.11 bits per heavy atom. The summed E-state index contributed by atoms with van der Waals surface area (Å²) in [5.74, 6) is -0.191. The third-order valence-corrected chi connectivity index (χ3v) is 3.61. The molecule has 0 saturated carbocycles. The molecule has 0 aromatic heterocycles. The number of nitrogens with zero attached hydrogens (tertiary/aromatic N) is 1. The lowest BCUT2D eigenvalue weighted by molar-refractivity contribution is 0.0653. The molecular formula is C15H16FNO. The van der Waals surface area contributed by atoms with Gasteiger partial charge < -0.3 is 4.74 Å². The Morgan fingerprint density at radius 3 is 2.72 bits per heavy atom. The van der Waals surface area contributed by atoms with E-state index >= 15 is 0 Å². The first kappa shape index (κ1) is 12.8. The minimum absolute atomic E-state index is 0.191. The molecule has 0 spiro atoms. The van der Waals surface area contributed by atoms with Gasteiger partial charge in [0, 0.05) is 24.7 Å². The van der Waals surface area contributed by atoms with Gasteiger partial charge in [-0.3, -0.25) is 0 Å². The van der Waals surface area contributed by atoms with E-state index in [1.165, 1.54) is 6.08 Å². The summed E-state index contributed by atoms with van der Waals surface area (Å²) in [5, 5.41) is 8.71. The van der Waals surface area contributed by atoms with Crippen molar-refractivity contribution in [2.45, 2.75) is 25.2 Å². The molecule has 3 heteroatoms. The number of ether oxygens (including phenoxy) is 1. The van der Waals surface area contributed by atoms with Gasteiger partial charge in [-0.25, -0.2) is 4.39 Å². The molecule has 0 atom stereocenters. The highest BCUT2D eigenvalue weighted by Gasteiger charge is 2.32. The second-order valence-corrected chi connectivity index (χ2v) is 4.69. The molecule has 1 heterocycles. The number of aryl methyl sites for hydroxylation is 1. The summed E-state index contributed by atoms with van der Waals surface area (Å²) in [6.45, 7) is 3.04. The van der Waals surface area contributed by atoms with Crippen LogP contribution in [0.25, 0.3) is 0 Å². The summed E-state index contributed by atoms with van der Waals surface area (Å²) in [6, 6.07) is 7.35. The number of allylic oxidation sites excluding steroid dienone is 2. The van der Waals surface area contributed by atoms with Crippen molar-refractivity contribution in [3.8, 4) is 6.07 Å². The van der Waals surface area contributed by atoms with E-state index in [4.69, 9.17) is 10.00 Å². The van der Waals surface area contributed by atoms with Crippen LogP contribution in [0.15, 0.2) is 30.4 Å². The number of hydrogen-bond acceptors (Lipinski definition) is 2. The fourth-order valence-electron chi connectivity index (χ4n) is 2.39. The Kier molecular flexibility index (Phi) is 3.78. The summed E-state index contributed by atoms with van der Waals surface area (Å²) in [5.41, 5.74) is 1.31. The summed E-state index contributed by atoms with van der Waals surface area (Å²) in [6.07, 6.45) is 4.95. The molecule has 1 aromatic rings. The zero-order chi connectivity index (χ0) is 13.0. The molecule has 1 saturated heterocycles. The van der Waals surface area contributed by atoms with Crippen LogP contribution >= 0.6 is 0 Å². The van der Waals surface area contributed by atoms with E-state index in [2.05, 4.69) is 0 Å². The quantitative estimate of drug-likeness (QED) is 0.749. The fourth-order valence-corrected chi connectivity index (χ4v) is 2.39. The number of rotatable bonds is 2. The molecule has 0 unspecified atom stereocenters. The van der Waals surface area contributed by atoms with Crippen LogP contribution in [-0.4, -0.2) is 13.2 Å². The summed E-state index contributed by atoms with van der Waals surface area (Å²) in [7, 11) is 0. The maximum atomic E-state index is 13.7. The van der Waals surface area contributed by atoms with E-state index in [1.54, 1.807) is 19.1 Å². The molecule has 1 fully saturated rings. The molecule has 2 nitrogen and oxygen atoms in total. The maximum absolute atomic E-state index is 13.7. The Balaban J connectivity index is 2.42. The molecule has 1 aliphatic heterocycles. The van der Waals surface area contributed by atoms with E-state index in [0.717, 1.165) is 18.4 Å². The number of hydrogen-bond donors (Lipinski definition) is 0. The molecular weight excluding hydrogens is 229 g/mol. The molecule has 1 aromatic carbocycles. The van der Waals surface area contributed by atoms with Crippen molar-refractivity contribution in [3.63, 3.8) is 0 Å². The lowest BCUT2D eigenvalue weighted by Gasteiger charge is -2.35. The van der Waals surface area contributed by atoms with Crippen LogP contribution in [0.2, 0.25) is 0 Å². The van der Waals surface area contributed by atoms with Crippen LogP contribution in [0.1, 0.15) is 24.0 Å². The predicted molar refractivity (Wildman–Crippen MR) is 67.6 cm³/mol. The first-order valence-corrected chi connectivity index (χ1v) is 6.10. The van der Waals surface area contributed by atoms with Crippen molar-refractivity contribution in [2.24, 2.45) is 0 Å². The van der Waals surface area contributed by atoms with Crippen LogP contribution in [0.4, 0.5) is 4.39 Å². The minimum atomic E-state index is -0.261. The van der Waals surface area contributed by atoms with Crippen LogP contribution in [-0.2, 0) is 10.2 Å². The second kappa shape index (κ2) is 5.32. The van der Waals surface area contributed by atoms with E-state index in [9.17, 15) is 4.39 Å². The highest BCUT2D eigenvalue weighted by molar-refractivity contribution is 5.35. The predicted octanol–water partition coefficient (Wildman–Crippen LogP) is 3.26. The number of nitriles is 1. The molecule has 0 aliphatic carbocycles. The third-order valence-electron chi connectivity index (χ3n) is 3.61. The van der Waals surface area contributed by atoms with Crippen LogP contribution in [0.3, 0.4) is 0 Å². The molecule has 94 valence electrons. The Bertz CT molecular complexity index is 496. The van der Waals surface area contributed by atoms with Gasteiger partial charge in [0.1, 0.15) is 5.82 Å². The lowest BCUT2D eigenvalue weighted by atomic mass is 9.74. The third kappa shape index (κ3) is 2.44. The molecule has 2 rings (SSSR count). The van der Waals surface area contributed by atoms with Crippen molar-refractivity contribution < 1.29 is 9.13 Å². The highest BCUT2D eigenvalue weighted by atomic mass is 19.1. The molecule has 18 heavy (non-hydrogen) atoms. The number of benzene rings is 1. The summed E-state index contributed by atoms with van der Waals surface area (Å²) < 4.78 is 19.1. The van der Waals surface area contributed by atoms with Crippen LogP contribution < -0.4 is 0 Å². The van der Waals surface area contributed by atoms with Gasteiger partial charge >= 0.3 is 0 Å². The average molecular weight is 245 g/mol. The van der Waals surface area contributed by atoms with E-state index < -0.39 is 0 Å². The van der Waals surface area contributed by atoms with Gasteiger partial charge in [-0.1, -0.05) is 18.2 Å². The van der Waals surface area contributed by atoms with Crippen molar-refractivity contribution in [2.75, 3.05) is 13.2 Å². The Labute approximate surface area is 107 Å². The number of halogens is 1. The average Bonchev–Trinajstić information content (AvgIpc) is 2.40. The highest BCUT2D eigenvalue weighted by Crippen LogP contribution is 2.36. The standard InChI is InChI=1S/C15H16FNO/c1-12-3-4-13(11-14(12)16)15(5-2-8-17)6-9-18-10-7-15/h2-5,11H,6-7,9-10H2,1H3/b5-2+. The SMILES string of the molecule is Cc1ccc(C2(/C=C/C#N)CCOCC2)cc1F. The lowest BCUT2D eigenvalue weighted by Crippen LogP contribution is -2.32. The topological polar surface area (TPSA) is 33.0 Å². The van der Waals surface area contributed by atoms with Crippen LogP contribution in [0.5, 0.6) is 0 Å². The van der Waals surface area contributed by atoms with E-state index in [-0.39, 0.29) is 11.2 Å². The first-order valence-electron chi connectivity index (χ1n) is 6.10. The van der Waals surface area contributed by atoms with Crippen molar-refractivity contribution in [1.82, 2.24) is 0 Å². The molecule has 0 radical (unpaired) electrons. The van der Waals surface area contributed by atoms with Gasteiger partial charge in [0.2, 0.25) is 0 Å². The zero-order valence-corrected chi connectivity index (χ0v) is 10.4. The molecule has 1 aliphatic rings. The van der Waals surface area contributed by atoms with E-state index in [1.807, 2.05) is 18.2 Å². The minimum Gasteiger partial charge on any atom is -0.381 e. The molecule has 0 bridgehead atoms. The molecule has 0 amide bonds. The van der Waals surface area contributed by atoms with Gasteiger partial charge in [0.15, 0.2) is 0 Å². The first-order chi connectivity index (χ1) is 8.68. The Morgan fingerprint density at radius 1 is 1.39 bits per heavy atom. The fraction of sp³-hybridized carbons (Fsp3) is 0.400. The summed E-state index contributed by atoms with van der Waals surface area (Å²) in [4.78, 5) is 0. The van der Waals surface area contributed by atoms with Gasteiger partial charge in [-0.05, 0) is 37.0 Å². The van der Waals surface area contributed by atoms with Crippen molar-refractivity contribution >= 4 is 0 Å². The van der Waals surface area contributed by atoms with Gasteiger partial charge in [-0.2, -0.15) is 5.26 Å². The van der Waals surface area contributed by atoms with Gasteiger partial charge in [-0.15, -0.1) is 0 Å². The normalized spacial score (nSPS) is 18.7. The smallest absolute Gasteiger partial charge is 0.126 e. The summed E-state index contributed by atoms with van der Waals surface area (Å²) >= 11 is 0. The largest absolute Gasteiger partial charge is 0.381 e. The monoisotopic (exact) mass is 245 g/mol. The van der Waals surface area contributed by atoms with Crippen molar-refractivity contribution in [3.05, 3.63) is 47.3 Å². The zero-order valence-electron chi connectivity index (χ0n) is 10.4. The van der Waals surface area contributed by atoms with E-state index in [0.29, 0.717) is 18.8 Å². The van der Waals surface area contributed by atoms with Gasteiger partial charge in [0.05, 0.1) is 6.07 Å². The second-order valence-electron chi connectivity index (χ2n) is 4.69. The Hall–Kier alpha value is -1.66. The maximum Gasteiger partial charge on any atom is 0.126 e. The van der Waals surface area contributed by atoms with Crippen LogP contribution in [0, 0.1) is 24.1 Å². The molecule has 0 N–H and O–H groups in total.